The molecule has 1 aliphatic carbocycles. The molecule has 13 heteroatoms. The third-order valence-electron chi connectivity index (χ3n) is 10.3. The fourth-order valence-electron chi connectivity index (χ4n) is 8.08. The number of aryl methyl sites for hydroxylation is 3. The van der Waals surface area contributed by atoms with Crippen LogP contribution in [0.3, 0.4) is 0 Å². The average molecular weight is 700 g/mol. The normalized spacial score (nSPS) is 24.4. The molecule has 1 unspecified atom stereocenters. The Morgan fingerprint density at radius 3 is 2.65 bits per heavy atom. The molecule has 3 aliphatic rings. The first-order valence-electron chi connectivity index (χ1n) is 17.3. The molecular weight excluding hydrogens is 659 g/mol. The number of hydrogen-bond donors (Lipinski definition) is 1. The number of nitrogens with one attached hydrogen (secondary N) is 1. The fourth-order valence-corrected chi connectivity index (χ4v) is 11.5. The maximum absolute atomic E-state index is 14.2. The van der Waals surface area contributed by atoms with E-state index in [0.29, 0.717) is 35.1 Å². The maximum Gasteiger partial charge on any atom is 0.250 e. The summed E-state index contributed by atoms with van der Waals surface area (Å²) in [7, 11) is -3.69. The molecule has 256 valence electrons. The zero-order valence-electron chi connectivity index (χ0n) is 28.4. The number of sulfone groups is 1. The number of ether oxygens (including phenoxy) is 1. The number of hydrogen-bond acceptors (Lipinski definition) is 12. The van der Waals surface area contributed by atoms with E-state index in [9.17, 15) is 8.42 Å². The van der Waals surface area contributed by atoms with Gasteiger partial charge in [0.25, 0.3) is 0 Å². The monoisotopic (exact) mass is 699 g/mol. The van der Waals surface area contributed by atoms with Crippen LogP contribution in [0.15, 0.2) is 40.0 Å². The van der Waals surface area contributed by atoms with Gasteiger partial charge in [-0.25, -0.2) is 18.4 Å². The van der Waals surface area contributed by atoms with Gasteiger partial charge in [0.1, 0.15) is 12.1 Å². The molecule has 2 aliphatic heterocycles. The Kier molecular flexibility index (Phi) is 8.27. The van der Waals surface area contributed by atoms with Crippen molar-refractivity contribution in [2.24, 2.45) is 11.8 Å². The highest BCUT2D eigenvalue weighted by molar-refractivity contribution is 7.92. The fraction of sp³-hybridized carbons (Fsp3) is 0.500. The summed E-state index contributed by atoms with van der Waals surface area (Å²) in [5.41, 5.74) is 5.65. The molecule has 5 aromatic heterocycles. The van der Waals surface area contributed by atoms with E-state index in [1.165, 1.54) is 16.9 Å². The van der Waals surface area contributed by atoms with E-state index < -0.39 is 9.84 Å². The van der Waals surface area contributed by atoms with Crippen molar-refractivity contribution in [3.05, 3.63) is 59.3 Å². The number of nitrogens with zero attached hydrogens (tertiary/aromatic N) is 6. The van der Waals surface area contributed by atoms with Crippen LogP contribution in [0, 0.1) is 18.8 Å². The molecule has 49 heavy (non-hydrogen) atoms. The minimum atomic E-state index is -3.69. The molecule has 1 saturated heterocycles. The lowest BCUT2D eigenvalue weighted by atomic mass is 9.86. The van der Waals surface area contributed by atoms with Crippen molar-refractivity contribution >= 4 is 37.2 Å². The highest BCUT2D eigenvalue weighted by Gasteiger charge is 2.43. The molecule has 1 fully saturated rings. The molecule has 0 radical (unpaired) electrons. The summed E-state index contributed by atoms with van der Waals surface area (Å²) in [5, 5.41) is 12.3. The molecular formula is C36H41N7O4S2. The third kappa shape index (κ3) is 5.93. The van der Waals surface area contributed by atoms with Crippen LogP contribution < -0.4 is 5.32 Å². The van der Waals surface area contributed by atoms with E-state index in [1.54, 1.807) is 13.3 Å². The van der Waals surface area contributed by atoms with Crippen LogP contribution in [0.1, 0.15) is 93.9 Å². The summed E-state index contributed by atoms with van der Waals surface area (Å²) in [4.78, 5) is 20.1. The molecule has 11 nitrogen and oxygen atoms in total. The summed E-state index contributed by atoms with van der Waals surface area (Å²) in [6.45, 7) is 10.2. The number of pyridine rings is 2. The van der Waals surface area contributed by atoms with Crippen LogP contribution in [0.4, 0.5) is 5.82 Å². The van der Waals surface area contributed by atoms with Gasteiger partial charge in [-0.3, -0.25) is 9.97 Å². The zero-order chi connectivity index (χ0) is 34.0. The van der Waals surface area contributed by atoms with Crippen LogP contribution in [-0.4, -0.2) is 56.5 Å². The van der Waals surface area contributed by atoms with E-state index in [4.69, 9.17) is 14.1 Å². The second-order valence-electron chi connectivity index (χ2n) is 14.2. The maximum atomic E-state index is 14.2. The SMILES string of the molecule is Cc1nnc(-c2c(CCC3C[C@H](C)O[C@@H](C)C3)nc3c(c2-c2cc4ncnc(N[C@@H]5CCc6ncccc65)c4s2)S(=O)(=O)CC3C(C)C)o1. The summed E-state index contributed by atoms with van der Waals surface area (Å²) >= 11 is 1.49. The van der Waals surface area contributed by atoms with Gasteiger partial charge >= 0.3 is 0 Å². The summed E-state index contributed by atoms with van der Waals surface area (Å²) < 4.78 is 41.4. The molecule has 0 spiro atoms. The first-order chi connectivity index (χ1) is 23.6. The zero-order valence-corrected chi connectivity index (χ0v) is 30.1. The Balaban J connectivity index is 1.30. The van der Waals surface area contributed by atoms with E-state index in [1.807, 2.05) is 18.3 Å². The van der Waals surface area contributed by atoms with E-state index in [2.05, 4.69) is 64.2 Å². The molecule has 1 N–H and O–H groups in total. The van der Waals surface area contributed by atoms with Gasteiger partial charge in [0, 0.05) is 35.2 Å². The second-order valence-corrected chi connectivity index (χ2v) is 17.3. The molecule has 4 atom stereocenters. The largest absolute Gasteiger partial charge is 0.421 e. The average Bonchev–Trinajstić information content (AvgIpc) is 3.84. The van der Waals surface area contributed by atoms with E-state index >= 15 is 0 Å². The Morgan fingerprint density at radius 1 is 1.08 bits per heavy atom. The molecule has 5 aromatic rings. The number of rotatable bonds is 8. The van der Waals surface area contributed by atoms with Crippen LogP contribution in [0.5, 0.6) is 0 Å². The van der Waals surface area contributed by atoms with Gasteiger partial charge in [-0.1, -0.05) is 19.9 Å². The predicted octanol–water partition coefficient (Wildman–Crippen LogP) is 7.27. The quantitative estimate of drug-likeness (QED) is 0.174. The molecule has 0 aromatic carbocycles. The van der Waals surface area contributed by atoms with Crippen molar-refractivity contribution in [3.63, 3.8) is 0 Å². The Hall–Kier alpha value is -3.81. The van der Waals surface area contributed by atoms with Crippen LogP contribution >= 0.6 is 11.3 Å². The standard InChI is InChI=1S/C36H41N7O4S2/c1-18(2)24-16-49(44,45)34-31(29-15-28-33(48-29)35(39-17-38-28)41-26-11-10-25-23(26)7-6-12-37-25)30(36-43-42-21(5)47-36)27(40-32(24)34)9-8-22-13-19(3)46-20(4)14-22/h6-7,12,15,17-20,22,24,26H,8-11,13-14,16H2,1-5H3,(H,38,39,41)/t19-,20-,24?,26+/m0/s1. The van der Waals surface area contributed by atoms with Gasteiger partial charge < -0.3 is 14.5 Å². The second kappa shape index (κ2) is 12.5. The van der Waals surface area contributed by atoms with Gasteiger partial charge in [0.2, 0.25) is 11.8 Å². The highest BCUT2D eigenvalue weighted by Crippen LogP contribution is 2.51. The van der Waals surface area contributed by atoms with Crippen molar-refractivity contribution in [2.45, 2.75) is 102 Å². The lowest BCUT2D eigenvalue weighted by molar-refractivity contribution is -0.0533. The molecule has 0 saturated carbocycles. The minimum absolute atomic E-state index is 0.0212. The molecule has 7 heterocycles. The number of thiophene rings is 1. The summed E-state index contributed by atoms with van der Waals surface area (Å²) in [6, 6.07) is 6.13. The van der Waals surface area contributed by atoms with Crippen molar-refractivity contribution in [1.29, 1.82) is 0 Å². The molecule has 0 bridgehead atoms. The lowest BCUT2D eigenvalue weighted by Gasteiger charge is -2.32. The van der Waals surface area contributed by atoms with Crippen LogP contribution in [-0.2, 0) is 27.4 Å². The van der Waals surface area contributed by atoms with Crippen molar-refractivity contribution in [2.75, 3.05) is 11.1 Å². The predicted molar refractivity (Wildman–Crippen MR) is 188 cm³/mol. The van der Waals surface area contributed by atoms with Crippen molar-refractivity contribution < 1.29 is 17.6 Å². The minimum Gasteiger partial charge on any atom is -0.421 e. The van der Waals surface area contributed by atoms with E-state index in [-0.39, 0.29) is 46.6 Å². The first kappa shape index (κ1) is 32.4. The lowest BCUT2D eigenvalue weighted by Crippen LogP contribution is -2.29. The van der Waals surface area contributed by atoms with E-state index in [0.717, 1.165) is 64.4 Å². The molecule has 0 amide bonds. The smallest absolute Gasteiger partial charge is 0.250 e. The summed E-state index contributed by atoms with van der Waals surface area (Å²) in [6.07, 6.45) is 9.11. The van der Waals surface area contributed by atoms with Crippen LogP contribution in [0.25, 0.3) is 32.1 Å². The van der Waals surface area contributed by atoms with Gasteiger partial charge in [0.05, 0.1) is 56.1 Å². The van der Waals surface area contributed by atoms with Gasteiger partial charge in [0.15, 0.2) is 9.84 Å². The van der Waals surface area contributed by atoms with Gasteiger partial charge in [-0.2, -0.15) is 0 Å². The highest BCUT2D eigenvalue weighted by atomic mass is 32.2. The third-order valence-corrected chi connectivity index (χ3v) is 13.3. The van der Waals surface area contributed by atoms with Gasteiger partial charge in [-0.05, 0) is 81.9 Å². The first-order valence-corrected chi connectivity index (χ1v) is 19.7. The summed E-state index contributed by atoms with van der Waals surface area (Å²) in [5.74, 6) is 1.76. The van der Waals surface area contributed by atoms with Crippen LogP contribution in [0.2, 0.25) is 0 Å². The topological polar surface area (TPSA) is 146 Å². The van der Waals surface area contributed by atoms with Crippen molar-refractivity contribution in [1.82, 2.24) is 30.1 Å². The number of fused-ring (bicyclic) bond motifs is 3. The number of aromatic nitrogens is 6. The van der Waals surface area contributed by atoms with Crippen molar-refractivity contribution in [3.8, 4) is 21.9 Å². The Morgan fingerprint density at radius 2 is 1.90 bits per heavy atom. The Bertz CT molecular complexity index is 2150. The Labute approximate surface area is 290 Å². The van der Waals surface area contributed by atoms with Gasteiger partial charge in [-0.15, -0.1) is 21.5 Å². The number of anilines is 1. The molecule has 8 rings (SSSR count).